The molecular weight excluding hydrogens is 226 g/mol. The number of carbonyl (C=O) groups is 1. The molecule has 1 atom stereocenters. The number of nitrogens with one attached hydrogen (secondary N) is 1. The number of amides is 1. The van der Waals surface area contributed by atoms with Gasteiger partial charge >= 0.3 is 0 Å². The number of halogens is 1. The maximum Gasteiger partial charge on any atom is 0.257 e. The summed E-state index contributed by atoms with van der Waals surface area (Å²) < 4.78 is 0. The Hall–Kier alpha value is -1.86. The smallest absolute Gasteiger partial charge is 0.257 e. The Morgan fingerprint density at radius 1 is 1.44 bits per heavy atom. The van der Waals surface area contributed by atoms with Crippen molar-refractivity contribution in [3.8, 4) is 6.07 Å². The van der Waals surface area contributed by atoms with Gasteiger partial charge in [0, 0.05) is 11.4 Å². The highest BCUT2D eigenvalue weighted by Gasteiger charge is 2.25. The summed E-state index contributed by atoms with van der Waals surface area (Å²) in [4.78, 5) is 11.2. The number of nitriles is 1. The first-order chi connectivity index (χ1) is 7.70. The van der Waals surface area contributed by atoms with Crippen molar-refractivity contribution in [3.63, 3.8) is 0 Å². The molecule has 0 aromatic heterocycles. The molecule has 1 heterocycles. The summed E-state index contributed by atoms with van der Waals surface area (Å²) in [5, 5.41) is 13.4. The lowest BCUT2D eigenvalue weighted by Crippen LogP contribution is -2.33. The summed E-state index contributed by atoms with van der Waals surface area (Å²) in [5.74, 6) is -1.01. The Morgan fingerprint density at radius 2 is 2.12 bits per heavy atom. The second kappa shape index (κ2) is 4.33. The maximum absolute atomic E-state index is 11.2. The minimum atomic E-state index is -0.664. The van der Waals surface area contributed by atoms with Crippen molar-refractivity contribution in [3.05, 3.63) is 34.9 Å². The van der Waals surface area contributed by atoms with Gasteiger partial charge in [-0.15, -0.1) is 0 Å². The van der Waals surface area contributed by atoms with Crippen molar-refractivity contribution in [1.29, 1.82) is 5.26 Å². The number of rotatable bonds is 1. The van der Waals surface area contributed by atoms with Gasteiger partial charge in [-0.2, -0.15) is 10.4 Å². The quantitative estimate of drug-likeness (QED) is 0.802. The van der Waals surface area contributed by atoms with Crippen LogP contribution in [0.3, 0.4) is 0 Å². The van der Waals surface area contributed by atoms with Crippen LogP contribution in [0, 0.1) is 17.2 Å². The fraction of sp³-hybridized carbons (Fsp3) is 0.182. The summed E-state index contributed by atoms with van der Waals surface area (Å²) in [5.41, 5.74) is 3.90. The average Bonchev–Trinajstić information content (AvgIpc) is 2.31. The van der Waals surface area contributed by atoms with Crippen molar-refractivity contribution < 1.29 is 4.79 Å². The Labute approximate surface area is 97.5 Å². The molecule has 1 aliphatic rings. The van der Waals surface area contributed by atoms with Gasteiger partial charge in [-0.3, -0.25) is 4.79 Å². The molecule has 1 amide bonds. The molecule has 1 N–H and O–H groups in total. The SMILES string of the molecule is N#CC1CC(c2ccc(Cl)cc2)=NNC1=O. The van der Waals surface area contributed by atoms with Crippen molar-refractivity contribution in [1.82, 2.24) is 5.43 Å². The molecule has 1 unspecified atom stereocenters. The highest BCUT2D eigenvalue weighted by Crippen LogP contribution is 2.16. The van der Waals surface area contributed by atoms with E-state index in [0.717, 1.165) is 5.56 Å². The second-order valence-electron chi connectivity index (χ2n) is 3.43. The average molecular weight is 234 g/mol. The van der Waals surface area contributed by atoms with E-state index in [9.17, 15) is 4.79 Å². The predicted octanol–water partition coefficient (Wildman–Crippen LogP) is 1.70. The zero-order valence-electron chi connectivity index (χ0n) is 8.27. The van der Waals surface area contributed by atoms with E-state index in [1.807, 2.05) is 18.2 Å². The van der Waals surface area contributed by atoms with Crippen LogP contribution in [0.5, 0.6) is 0 Å². The molecule has 0 fully saturated rings. The van der Waals surface area contributed by atoms with Gasteiger partial charge in [0.2, 0.25) is 0 Å². The van der Waals surface area contributed by atoms with Gasteiger partial charge in [0.1, 0.15) is 5.92 Å². The van der Waals surface area contributed by atoms with E-state index in [1.54, 1.807) is 12.1 Å². The van der Waals surface area contributed by atoms with Crippen LogP contribution >= 0.6 is 11.6 Å². The van der Waals surface area contributed by atoms with Crippen LogP contribution < -0.4 is 5.43 Å². The number of hydrogen-bond donors (Lipinski definition) is 1. The first-order valence-electron chi connectivity index (χ1n) is 4.72. The first-order valence-corrected chi connectivity index (χ1v) is 5.10. The number of hydrazone groups is 1. The van der Waals surface area contributed by atoms with Crippen molar-refractivity contribution in [2.24, 2.45) is 11.0 Å². The van der Waals surface area contributed by atoms with Crippen molar-refractivity contribution in [2.75, 3.05) is 0 Å². The third-order valence-corrected chi connectivity index (χ3v) is 2.60. The van der Waals surface area contributed by atoms with Gasteiger partial charge in [-0.1, -0.05) is 23.7 Å². The minimum absolute atomic E-state index is 0.337. The van der Waals surface area contributed by atoms with E-state index < -0.39 is 5.92 Å². The number of nitrogens with zero attached hydrogens (tertiary/aromatic N) is 2. The highest BCUT2D eigenvalue weighted by atomic mass is 35.5. The molecule has 16 heavy (non-hydrogen) atoms. The Bertz CT molecular complexity index is 487. The Morgan fingerprint density at radius 3 is 2.75 bits per heavy atom. The maximum atomic E-state index is 11.2. The van der Waals surface area contributed by atoms with E-state index >= 15 is 0 Å². The number of benzene rings is 1. The fourth-order valence-electron chi connectivity index (χ4n) is 1.46. The fourth-order valence-corrected chi connectivity index (χ4v) is 1.59. The van der Waals surface area contributed by atoms with Gasteiger partial charge in [0.15, 0.2) is 0 Å². The van der Waals surface area contributed by atoms with Crippen LogP contribution in [0.25, 0.3) is 0 Å². The molecule has 0 saturated carbocycles. The molecule has 4 nitrogen and oxygen atoms in total. The summed E-state index contributed by atoms with van der Waals surface area (Å²) >= 11 is 5.77. The van der Waals surface area contributed by atoms with Crippen molar-refractivity contribution >= 4 is 23.2 Å². The monoisotopic (exact) mass is 233 g/mol. The van der Waals surface area contributed by atoms with Crippen LogP contribution in [-0.4, -0.2) is 11.6 Å². The second-order valence-corrected chi connectivity index (χ2v) is 3.86. The highest BCUT2D eigenvalue weighted by molar-refractivity contribution is 6.30. The number of hydrogen-bond acceptors (Lipinski definition) is 3. The van der Waals surface area contributed by atoms with Gasteiger partial charge in [-0.25, -0.2) is 5.43 Å². The normalized spacial score (nSPS) is 19.6. The lowest BCUT2D eigenvalue weighted by molar-refractivity contribution is -0.123. The predicted molar refractivity (Wildman–Crippen MR) is 59.9 cm³/mol. The third kappa shape index (κ3) is 2.05. The molecule has 0 radical (unpaired) electrons. The molecule has 0 saturated heterocycles. The Balaban J connectivity index is 2.26. The molecular formula is C11H8ClN3O. The lowest BCUT2D eigenvalue weighted by Gasteiger charge is -2.16. The van der Waals surface area contributed by atoms with Crippen LogP contribution in [0.15, 0.2) is 29.4 Å². The summed E-state index contributed by atoms with van der Waals surface area (Å²) in [6.45, 7) is 0. The van der Waals surface area contributed by atoms with E-state index in [2.05, 4.69) is 10.5 Å². The van der Waals surface area contributed by atoms with E-state index in [0.29, 0.717) is 17.2 Å². The number of carbonyl (C=O) groups excluding carboxylic acids is 1. The van der Waals surface area contributed by atoms with E-state index in [4.69, 9.17) is 16.9 Å². The van der Waals surface area contributed by atoms with Crippen LogP contribution in [0.2, 0.25) is 5.02 Å². The van der Waals surface area contributed by atoms with Gasteiger partial charge in [0.05, 0.1) is 11.8 Å². The topological polar surface area (TPSA) is 65.2 Å². The minimum Gasteiger partial charge on any atom is -0.272 e. The summed E-state index contributed by atoms with van der Waals surface area (Å²) in [7, 11) is 0. The molecule has 1 aromatic carbocycles. The van der Waals surface area contributed by atoms with E-state index in [-0.39, 0.29) is 5.91 Å². The largest absolute Gasteiger partial charge is 0.272 e. The summed E-state index contributed by atoms with van der Waals surface area (Å²) in [6, 6.07) is 9.07. The molecule has 0 aliphatic carbocycles. The molecule has 0 spiro atoms. The summed E-state index contributed by atoms with van der Waals surface area (Å²) in [6.07, 6.45) is 0.337. The van der Waals surface area contributed by atoms with Gasteiger partial charge < -0.3 is 0 Å². The molecule has 80 valence electrons. The zero-order valence-corrected chi connectivity index (χ0v) is 9.03. The molecule has 1 aliphatic heterocycles. The van der Waals surface area contributed by atoms with Crippen LogP contribution in [0.4, 0.5) is 0 Å². The van der Waals surface area contributed by atoms with Gasteiger partial charge in [0.25, 0.3) is 5.91 Å². The Kier molecular flexibility index (Phi) is 2.88. The van der Waals surface area contributed by atoms with Crippen LogP contribution in [0.1, 0.15) is 12.0 Å². The lowest BCUT2D eigenvalue weighted by atomic mass is 9.97. The standard InChI is InChI=1S/C11H8ClN3O/c12-9-3-1-7(2-4-9)10-5-8(6-13)11(16)15-14-10/h1-4,8H,5H2,(H,15,16). The molecule has 5 heteroatoms. The van der Waals surface area contributed by atoms with Gasteiger partial charge in [-0.05, 0) is 17.7 Å². The molecule has 1 aromatic rings. The first kappa shape index (κ1) is 10.7. The van der Waals surface area contributed by atoms with Crippen LogP contribution in [-0.2, 0) is 4.79 Å². The zero-order chi connectivity index (χ0) is 11.5. The molecule has 0 bridgehead atoms. The van der Waals surface area contributed by atoms with E-state index in [1.165, 1.54) is 0 Å². The van der Waals surface area contributed by atoms with Crippen molar-refractivity contribution in [2.45, 2.75) is 6.42 Å². The third-order valence-electron chi connectivity index (χ3n) is 2.35. The molecule has 2 rings (SSSR count).